The maximum absolute atomic E-state index is 13.0. The zero-order valence-corrected chi connectivity index (χ0v) is 19.5. The molecule has 1 amide bonds. The van der Waals surface area contributed by atoms with Crippen LogP contribution in [0.3, 0.4) is 0 Å². The zero-order valence-electron chi connectivity index (χ0n) is 18.7. The first-order valence-corrected chi connectivity index (χ1v) is 11.9. The van der Waals surface area contributed by atoms with E-state index in [4.69, 9.17) is 9.47 Å². The van der Waals surface area contributed by atoms with Crippen molar-refractivity contribution in [2.24, 2.45) is 5.92 Å². The zero-order chi connectivity index (χ0) is 23.8. The number of carbonyl (C=O) groups is 1. The first kappa shape index (κ1) is 24.2. The van der Waals surface area contributed by atoms with Gasteiger partial charge in [0.25, 0.3) is 0 Å². The summed E-state index contributed by atoms with van der Waals surface area (Å²) in [6.07, 6.45) is 3.35. The van der Waals surface area contributed by atoms with E-state index in [0.717, 1.165) is 5.56 Å². The summed E-state index contributed by atoms with van der Waals surface area (Å²) in [5.74, 6) is 0.184. The van der Waals surface area contributed by atoms with Crippen molar-refractivity contribution in [2.75, 3.05) is 12.4 Å². The summed E-state index contributed by atoms with van der Waals surface area (Å²) >= 11 is 0. The predicted molar refractivity (Wildman–Crippen MR) is 126 cm³/mol. The quantitative estimate of drug-likeness (QED) is 0.470. The highest BCUT2D eigenvalue weighted by Crippen LogP contribution is 2.31. The van der Waals surface area contributed by atoms with E-state index in [2.05, 4.69) is 15.0 Å². The van der Waals surface area contributed by atoms with Crippen molar-refractivity contribution in [3.05, 3.63) is 78.6 Å². The fourth-order valence-electron chi connectivity index (χ4n) is 3.05. The lowest BCUT2D eigenvalue weighted by molar-refractivity contribution is -0.118. The van der Waals surface area contributed by atoms with Gasteiger partial charge in [-0.3, -0.25) is 9.78 Å². The van der Waals surface area contributed by atoms with Crippen LogP contribution in [0.1, 0.15) is 19.4 Å². The van der Waals surface area contributed by atoms with Crippen molar-refractivity contribution >= 4 is 21.6 Å². The highest BCUT2D eigenvalue weighted by atomic mass is 32.2. The van der Waals surface area contributed by atoms with Gasteiger partial charge in [0.15, 0.2) is 11.5 Å². The number of hydrogen-bond acceptors (Lipinski definition) is 6. The van der Waals surface area contributed by atoms with Gasteiger partial charge < -0.3 is 14.8 Å². The lowest BCUT2D eigenvalue weighted by Gasteiger charge is -2.22. The summed E-state index contributed by atoms with van der Waals surface area (Å²) in [7, 11) is -2.33. The number of hydrogen-bond donors (Lipinski definition) is 2. The average molecular weight is 470 g/mol. The Kier molecular flexibility index (Phi) is 8.02. The van der Waals surface area contributed by atoms with Gasteiger partial charge in [-0.2, -0.15) is 4.72 Å². The van der Waals surface area contributed by atoms with Gasteiger partial charge in [-0.15, -0.1) is 0 Å². The molecule has 1 heterocycles. The molecule has 1 aromatic heterocycles. The standard InChI is InChI=1S/C24H27N3O5S/c1-17(2)23(27-33(29,30)20-7-5-4-6-8-20)24(28)26-19-9-10-21(31-3)22(15-19)32-16-18-11-13-25-14-12-18/h4-15,17,23,27H,16H2,1-3H3,(H,26,28)/t23-/m1/s1. The molecule has 0 bridgehead atoms. The van der Waals surface area contributed by atoms with Crippen molar-refractivity contribution in [1.29, 1.82) is 0 Å². The average Bonchev–Trinajstić information content (AvgIpc) is 2.82. The number of sulfonamides is 1. The first-order valence-electron chi connectivity index (χ1n) is 10.4. The Hall–Kier alpha value is -3.43. The number of pyridine rings is 1. The van der Waals surface area contributed by atoms with E-state index in [1.165, 1.54) is 19.2 Å². The Morgan fingerprint density at radius 1 is 1.00 bits per heavy atom. The highest BCUT2D eigenvalue weighted by Gasteiger charge is 2.28. The molecule has 0 saturated heterocycles. The normalized spacial score (nSPS) is 12.2. The van der Waals surface area contributed by atoms with Crippen molar-refractivity contribution in [3.8, 4) is 11.5 Å². The number of aromatic nitrogens is 1. The van der Waals surface area contributed by atoms with Crippen LogP contribution in [-0.2, 0) is 21.4 Å². The Morgan fingerprint density at radius 2 is 1.70 bits per heavy atom. The van der Waals surface area contributed by atoms with Crippen LogP contribution < -0.4 is 19.5 Å². The van der Waals surface area contributed by atoms with E-state index in [9.17, 15) is 13.2 Å². The molecule has 3 rings (SSSR count). The third kappa shape index (κ3) is 6.53. The molecule has 2 aromatic carbocycles. The third-order valence-electron chi connectivity index (χ3n) is 4.86. The smallest absolute Gasteiger partial charge is 0.242 e. The molecule has 3 aromatic rings. The molecule has 0 spiro atoms. The van der Waals surface area contributed by atoms with E-state index in [0.29, 0.717) is 23.8 Å². The molecule has 8 nitrogen and oxygen atoms in total. The van der Waals surface area contributed by atoms with Crippen LogP contribution in [0.2, 0.25) is 0 Å². The molecular weight excluding hydrogens is 442 g/mol. The minimum atomic E-state index is -3.86. The van der Waals surface area contributed by atoms with Gasteiger partial charge in [0.1, 0.15) is 12.6 Å². The summed E-state index contributed by atoms with van der Waals surface area (Å²) in [5.41, 5.74) is 1.38. The van der Waals surface area contributed by atoms with Crippen molar-refractivity contribution in [2.45, 2.75) is 31.4 Å². The number of nitrogens with one attached hydrogen (secondary N) is 2. The third-order valence-corrected chi connectivity index (χ3v) is 6.32. The monoisotopic (exact) mass is 469 g/mol. The van der Waals surface area contributed by atoms with Gasteiger partial charge >= 0.3 is 0 Å². The van der Waals surface area contributed by atoms with E-state index in [-0.39, 0.29) is 10.8 Å². The second kappa shape index (κ2) is 10.9. The summed E-state index contributed by atoms with van der Waals surface area (Å²) in [5, 5.41) is 2.78. The molecule has 1 atom stereocenters. The Bertz CT molecular complexity index is 1170. The van der Waals surface area contributed by atoms with E-state index >= 15 is 0 Å². The fourth-order valence-corrected chi connectivity index (χ4v) is 4.42. The lowest BCUT2D eigenvalue weighted by atomic mass is 10.0. The Labute approximate surface area is 194 Å². The van der Waals surface area contributed by atoms with Crippen LogP contribution in [-0.4, -0.2) is 32.5 Å². The highest BCUT2D eigenvalue weighted by molar-refractivity contribution is 7.89. The summed E-state index contributed by atoms with van der Waals surface area (Å²) < 4.78 is 39.2. The molecule has 0 aliphatic rings. The number of amides is 1. The van der Waals surface area contributed by atoms with E-state index < -0.39 is 22.0 Å². The molecular formula is C24H27N3O5S. The van der Waals surface area contributed by atoms with Gasteiger partial charge in [0.05, 0.1) is 12.0 Å². The Balaban J connectivity index is 1.75. The molecule has 174 valence electrons. The topological polar surface area (TPSA) is 107 Å². The predicted octanol–water partition coefficient (Wildman–Crippen LogP) is 3.61. The minimum Gasteiger partial charge on any atom is -0.493 e. The Morgan fingerprint density at radius 3 is 2.33 bits per heavy atom. The SMILES string of the molecule is COc1ccc(NC(=O)[C@H](NS(=O)(=O)c2ccccc2)C(C)C)cc1OCc1ccncc1. The van der Waals surface area contributed by atoms with Crippen molar-refractivity contribution in [1.82, 2.24) is 9.71 Å². The number of methoxy groups -OCH3 is 1. The molecule has 2 N–H and O–H groups in total. The molecule has 0 fully saturated rings. The number of anilines is 1. The van der Waals surface area contributed by atoms with Crippen LogP contribution in [0, 0.1) is 5.92 Å². The van der Waals surface area contributed by atoms with Gasteiger partial charge in [0.2, 0.25) is 15.9 Å². The van der Waals surface area contributed by atoms with Gasteiger partial charge in [-0.1, -0.05) is 32.0 Å². The van der Waals surface area contributed by atoms with Gasteiger partial charge in [0, 0.05) is 24.1 Å². The first-order chi connectivity index (χ1) is 15.8. The van der Waals surface area contributed by atoms with Crippen LogP contribution in [0.25, 0.3) is 0 Å². The largest absolute Gasteiger partial charge is 0.493 e. The number of carbonyl (C=O) groups excluding carboxylic acids is 1. The summed E-state index contributed by atoms with van der Waals surface area (Å²) in [4.78, 5) is 17.1. The van der Waals surface area contributed by atoms with Crippen molar-refractivity contribution < 1.29 is 22.7 Å². The summed E-state index contributed by atoms with van der Waals surface area (Å²) in [6.45, 7) is 3.84. The second-order valence-corrected chi connectivity index (χ2v) is 9.37. The van der Waals surface area contributed by atoms with Gasteiger partial charge in [-0.25, -0.2) is 8.42 Å². The number of rotatable bonds is 10. The van der Waals surface area contributed by atoms with E-state index in [1.807, 2.05) is 12.1 Å². The molecule has 0 radical (unpaired) electrons. The number of nitrogens with zero attached hydrogens (tertiary/aromatic N) is 1. The summed E-state index contributed by atoms with van der Waals surface area (Å²) in [6, 6.07) is 15.6. The maximum Gasteiger partial charge on any atom is 0.242 e. The fraction of sp³-hybridized carbons (Fsp3) is 0.250. The molecule has 33 heavy (non-hydrogen) atoms. The molecule has 0 saturated carbocycles. The van der Waals surface area contributed by atoms with Crippen LogP contribution in [0.5, 0.6) is 11.5 Å². The molecule has 0 unspecified atom stereocenters. The number of benzene rings is 2. The molecule has 9 heteroatoms. The molecule has 0 aliphatic heterocycles. The van der Waals surface area contributed by atoms with Crippen molar-refractivity contribution in [3.63, 3.8) is 0 Å². The number of ether oxygens (including phenoxy) is 2. The minimum absolute atomic E-state index is 0.0969. The lowest BCUT2D eigenvalue weighted by Crippen LogP contribution is -2.47. The molecule has 0 aliphatic carbocycles. The van der Waals surface area contributed by atoms with E-state index in [1.54, 1.807) is 62.6 Å². The van der Waals surface area contributed by atoms with Gasteiger partial charge in [-0.05, 0) is 47.9 Å². The van der Waals surface area contributed by atoms with Crippen LogP contribution in [0.4, 0.5) is 5.69 Å². The second-order valence-electron chi connectivity index (χ2n) is 7.66. The maximum atomic E-state index is 13.0. The van der Waals surface area contributed by atoms with Crippen LogP contribution >= 0.6 is 0 Å². The van der Waals surface area contributed by atoms with Crippen LogP contribution in [0.15, 0.2) is 78.0 Å².